The number of hydrogen-bond acceptors (Lipinski definition) is 5. The van der Waals surface area contributed by atoms with Gasteiger partial charge in [0.2, 0.25) is 5.60 Å². The Bertz CT molecular complexity index is 977. The molecule has 1 heterocycles. The molecule has 2 N–H and O–H groups in total. The van der Waals surface area contributed by atoms with Crippen LogP contribution in [0.4, 0.5) is 5.69 Å². The Morgan fingerprint density at radius 3 is 2.21 bits per heavy atom. The fraction of sp³-hybridized carbons (Fsp3) is 0.217. The van der Waals surface area contributed by atoms with Gasteiger partial charge in [0, 0.05) is 17.4 Å². The number of aryl methyl sites for hydroxylation is 1. The van der Waals surface area contributed by atoms with Crippen molar-refractivity contribution in [2.24, 2.45) is 0 Å². The van der Waals surface area contributed by atoms with E-state index in [1.54, 1.807) is 13.0 Å². The van der Waals surface area contributed by atoms with E-state index in [9.17, 15) is 9.90 Å². The molecule has 0 aliphatic carbocycles. The quantitative estimate of drug-likeness (QED) is 0.464. The predicted octanol–water partition coefficient (Wildman–Crippen LogP) is 4.43. The summed E-state index contributed by atoms with van der Waals surface area (Å²) in [5.74, 6) is -0.812. The van der Waals surface area contributed by atoms with Crippen LogP contribution in [-0.4, -0.2) is 23.2 Å². The number of para-hydroxylation sites is 1. The Labute approximate surface area is 175 Å². The molecule has 0 spiro atoms. The van der Waals surface area contributed by atoms with Gasteiger partial charge in [0.15, 0.2) is 0 Å². The van der Waals surface area contributed by atoms with Crippen molar-refractivity contribution in [2.45, 2.75) is 25.0 Å². The van der Waals surface area contributed by atoms with E-state index in [1.807, 2.05) is 61.5 Å². The van der Waals surface area contributed by atoms with E-state index < -0.39 is 17.1 Å². The maximum atomic E-state index is 13.0. The third-order valence-electron chi connectivity index (χ3n) is 5.15. The summed E-state index contributed by atoms with van der Waals surface area (Å²) in [6, 6.07) is 20.1. The van der Waals surface area contributed by atoms with Gasteiger partial charge in [-0.3, -0.25) is 0 Å². The second-order valence-electron chi connectivity index (χ2n) is 7.05. The second-order valence-corrected chi connectivity index (χ2v) is 7.44. The third kappa shape index (κ3) is 3.84. The van der Waals surface area contributed by atoms with Crippen molar-refractivity contribution in [3.05, 3.63) is 94.8 Å². The highest BCUT2D eigenvalue weighted by atomic mass is 35.5. The zero-order chi connectivity index (χ0) is 21.1. The smallest absolute Gasteiger partial charge is 0.345 e. The fourth-order valence-corrected chi connectivity index (χ4v) is 3.53. The molecule has 0 radical (unpaired) electrons. The van der Waals surface area contributed by atoms with E-state index in [0.29, 0.717) is 5.56 Å². The number of aliphatic hydroxyl groups is 1. The minimum absolute atomic E-state index is 0.258. The number of hydrogen-bond donors (Lipinski definition) is 2. The maximum Gasteiger partial charge on any atom is 0.345 e. The monoisotopic (exact) mass is 410 g/mol. The Kier molecular flexibility index (Phi) is 5.91. The van der Waals surface area contributed by atoms with Gasteiger partial charge in [0.25, 0.3) is 0 Å². The molecule has 0 amide bonds. The Morgan fingerprint density at radius 1 is 1.03 bits per heavy atom. The van der Waals surface area contributed by atoms with Gasteiger partial charge in [-0.1, -0.05) is 65.7 Å². The number of rotatable bonds is 6. The van der Waals surface area contributed by atoms with Crippen molar-refractivity contribution >= 4 is 23.3 Å². The van der Waals surface area contributed by atoms with Crippen molar-refractivity contribution in [1.82, 2.24) is 4.98 Å². The minimum Gasteiger partial charge on any atom is -0.467 e. The van der Waals surface area contributed by atoms with Gasteiger partial charge in [-0.15, -0.1) is 0 Å². The number of esters is 1. The highest BCUT2D eigenvalue weighted by molar-refractivity contribution is 6.29. The summed E-state index contributed by atoms with van der Waals surface area (Å²) >= 11 is 5.93. The summed E-state index contributed by atoms with van der Waals surface area (Å²) in [6.45, 7) is 3.73. The van der Waals surface area contributed by atoms with E-state index in [2.05, 4.69) is 10.3 Å². The summed E-state index contributed by atoms with van der Waals surface area (Å²) < 4.78 is 5.04. The molecule has 3 rings (SSSR count). The normalized spacial score (nSPS) is 15.1. The molecule has 150 valence electrons. The Morgan fingerprint density at radius 2 is 1.66 bits per heavy atom. The average Bonchev–Trinajstić information content (AvgIpc) is 2.74. The van der Waals surface area contributed by atoms with Gasteiger partial charge in [-0.05, 0) is 37.6 Å². The summed E-state index contributed by atoms with van der Waals surface area (Å²) in [7, 11) is 1.24. The van der Waals surface area contributed by atoms with Crippen LogP contribution >= 0.6 is 11.6 Å². The molecule has 0 bridgehead atoms. The molecule has 6 heteroatoms. The SMILES string of the molecule is COC(=O)[C@](O)(c1ccc(Cl)nc1)[C@@](C)(Nc1ccccc1)c1ccc(C)cc1. The Hall–Kier alpha value is -2.89. The van der Waals surface area contributed by atoms with Crippen LogP contribution in [0.15, 0.2) is 72.9 Å². The number of halogens is 1. The average molecular weight is 411 g/mol. The lowest BCUT2D eigenvalue weighted by atomic mass is 9.71. The molecule has 0 saturated carbocycles. The first-order valence-corrected chi connectivity index (χ1v) is 9.52. The van der Waals surface area contributed by atoms with Gasteiger partial charge in [-0.2, -0.15) is 0 Å². The van der Waals surface area contributed by atoms with E-state index in [4.69, 9.17) is 16.3 Å². The second kappa shape index (κ2) is 8.23. The van der Waals surface area contributed by atoms with Crippen molar-refractivity contribution in [3.63, 3.8) is 0 Å². The number of benzene rings is 2. The molecular formula is C23H23ClN2O3. The van der Waals surface area contributed by atoms with Gasteiger partial charge >= 0.3 is 5.97 Å². The molecule has 1 aromatic heterocycles. The summed E-state index contributed by atoms with van der Waals surface area (Å²) in [4.78, 5) is 17.1. The lowest BCUT2D eigenvalue weighted by Crippen LogP contribution is -2.57. The number of ether oxygens (including phenoxy) is 1. The zero-order valence-corrected chi connectivity index (χ0v) is 17.3. The lowest BCUT2D eigenvalue weighted by Gasteiger charge is -2.44. The summed E-state index contributed by atoms with van der Waals surface area (Å²) in [5.41, 5.74) is -0.616. The van der Waals surface area contributed by atoms with Crippen LogP contribution in [0.25, 0.3) is 0 Å². The molecule has 3 aromatic rings. The van der Waals surface area contributed by atoms with Crippen LogP contribution in [0.3, 0.4) is 0 Å². The van der Waals surface area contributed by atoms with Crippen LogP contribution < -0.4 is 5.32 Å². The molecule has 0 aliphatic heterocycles. The molecule has 0 saturated heterocycles. The number of pyridine rings is 1. The topological polar surface area (TPSA) is 71.5 Å². The Balaban J connectivity index is 2.26. The standard InChI is InChI=1S/C23H23ClN2O3/c1-16-9-11-17(12-10-16)22(2,26-19-7-5-4-6-8-19)23(28,21(27)29-3)18-13-14-20(24)25-15-18/h4-15,26,28H,1-3H3/t22-,23+/m0/s1. The summed E-state index contributed by atoms with van der Waals surface area (Å²) in [5, 5.41) is 15.5. The van der Waals surface area contributed by atoms with Gasteiger partial charge in [0.05, 0.1) is 7.11 Å². The highest BCUT2D eigenvalue weighted by Crippen LogP contribution is 2.44. The maximum absolute atomic E-state index is 13.0. The van der Waals surface area contributed by atoms with Gasteiger partial charge < -0.3 is 15.2 Å². The first-order valence-electron chi connectivity index (χ1n) is 9.14. The molecule has 0 fully saturated rings. The number of methoxy groups -OCH3 is 1. The largest absolute Gasteiger partial charge is 0.467 e. The summed E-state index contributed by atoms with van der Waals surface area (Å²) in [6.07, 6.45) is 1.39. The molecule has 0 unspecified atom stereocenters. The lowest BCUT2D eigenvalue weighted by molar-refractivity contribution is -0.171. The molecule has 0 aliphatic rings. The molecule has 2 atom stereocenters. The van der Waals surface area contributed by atoms with Crippen LogP contribution in [0.2, 0.25) is 5.15 Å². The fourth-order valence-electron chi connectivity index (χ4n) is 3.42. The van der Waals surface area contributed by atoms with E-state index >= 15 is 0 Å². The van der Waals surface area contributed by atoms with E-state index in [1.165, 1.54) is 19.4 Å². The number of nitrogens with zero attached hydrogens (tertiary/aromatic N) is 1. The number of carbonyl (C=O) groups is 1. The van der Waals surface area contributed by atoms with E-state index in [-0.39, 0.29) is 10.7 Å². The van der Waals surface area contributed by atoms with Crippen LogP contribution in [0, 0.1) is 6.92 Å². The zero-order valence-electron chi connectivity index (χ0n) is 16.5. The molecule has 5 nitrogen and oxygen atoms in total. The number of carbonyl (C=O) groups excluding carboxylic acids is 1. The van der Waals surface area contributed by atoms with Crippen molar-refractivity contribution < 1.29 is 14.6 Å². The van der Waals surface area contributed by atoms with Gasteiger partial charge in [0.1, 0.15) is 10.7 Å². The predicted molar refractivity (Wildman–Crippen MR) is 114 cm³/mol. The van der Waals surface area contributed by atoms with Crippen molar-refractivity contribution in [3.8, 4) is 0 Å². The molecule has 2 aromatic carbocycles. The number of anilines is 1. The van der Waals surface area contributed by atoms with Crippen molar-refractivity contribution in [1.29, 1.82) is 0 Å². The first kappa shape index (κ1) is 20.8. The van der Waals surface area contributed by atoms with Gasteiger partial charge in [-0.25, -0.2) is 9.78 Å². The number of nitrogens with one attached hydrogen (secondary N) is 1. The molecule has 29 heavy (non-hydrogen) atoms. The first-order chi connectivity index (χ1) is 13.8. The number of aromatic nitrogens is 1. The van der Waals surface area contributed by atoms with Crippen LogP contribution in [0.5, 0.6) is 0 Å². The van der Waals surface area contributed by atoms with Crippen LogP contribution in [-0.2, 0) is 20.7 Å². The highest BCUT2D eigenvalue weighted by Gasteiger charge is 2.56. The van der Waals surface area contributed by atoms with E-state index in [0.717, 1.165) is 11.3 Å². The molecular weight excluding hydrogens is 388 g/mol. The third-order valence-corrected chi connectivity index (χ3v) is 5.37. The minimum atomic E-state index is -2.09. The van der Waals surface area contributed by atoms with Crippen LogP contribution in [0.1, 0.15) is 23.6 Å². The van der Waals surface area contributed by atoms with Crippen molar-refractivity contribution in [2.75, 3.05) is 12.4 Å².